The molecule has 2 saturated heterocycles. The van der Waals surface area contributed by atoms with Gasteiger partial charge in [0.05, 0.1) is 12.3 Å². The monoisotopic (exact) mass is 292 g/mol. The molecule has 0 unspecified atom stereocenters. The summed E-state index contributed by atoms with van der Waals surface area (Å²) in [6.07, 6.45) is 1.06. The second-order valence-corrected chi connectivity index (χ2v) is 6.61. The Kier molecular flexibility index (Phi) is 4.55. The zero-order valence-corrected chi connectivity index (χ0v) is 13.0. The maximum Gasteiger partial charge on any atom is 0.114 e. The van der Waals surface area contributed by atoms with Crippen LogP contribution in [0.2, 0.25) is 0 Å². The third-order valence-corrected chi connectivity index (χ3v) is 4.58. The first kappa shape index (κ1) is 14.9. The molecule has 2 atom stereocenters. The zero-order valence-electron chi connectivity index (χ0n) is 13.0. The lowest BCUT2D eigenvalue weighted by molar-refractivity contribution is 0.193. The average Bonchev–Trinajstić information content (AvgIpc) is 3.10. The van der Waals surface area contributed by atoms with Gasteiger partial charge in [-0.25, -0.2) is 4.39 Å². The highest BCUT2D eigenvalue weighted by molar-refractivity contribution is 5.29. The number of likely N-dealkylation sites (tertiary alicyclic amines) is 1. The quantitative estimate of drug-likeness (QED) is 0.852. The van der Waals surface area contributed by atoms with Crippen LogP contribution in [-0.2, 0) is 11.3 Å². The van der Waals surface area contributed by atoms with Crippen LogP contribution in [0.1, 0.15) is 55.5 Å². The summed E-state index contributed by atoms with van der Waals surface area (Å²) in [4.78, 5) is 7.08. The van der Waals surface area contributed by atoms with E-state index in [0.29, 0.717) is 24.8 Å². The van der Waals surface area contributed by atoms with Crippen LogP contribution in [0.4, 0.5) is 4.39 Å². The molecule has 0 radical (unpaired) electrons. The first-order valence-corrected chi connectivity index (χ1v) is 8.07. The fourth-order valence-electron chi connectivity index (χ4n) is 3.27. The standard InChI is InChI=1S/C17H25FN2O/c1-12(2)16-4-3-15(13-6-8-21-11-13)17(19-16)10-20-7-5-14(18)9-20/h3-4,12-14H,5-11H2,1-2H3/t13-,14-/m0/s1. The van der Waals surface area contributed by atoms with Crippen LogP contribution in [0, 0.1) is 0 Å². The third kappa shape index (κ3) is 3.43. The van der Waals surface area contributed by atoms with Gasteiger partial charge in [-0.1, -0.05) is 19.9 Å². The molecule has 21 heavy (non-hydrogen) atoms. The molecule has 2 fully saturated rings. The Balaban J connectivity index is 1.84. The van der Waals surface area contributed by atoms with Gasteiger partial charge in [-0.3, -0.25) is 9.88 Å². The Morgan fingerprint density at radius 3 is 2.86 bits per heavy atom. The van der Waals surface area contributed by atoms with Gasteiger partial charge >= 0.3 is 0 Å². The number of nitrogens with zero attached hydrogens (tertiary/aromatic N) is 2. The second-order valence-electron chi connectivity index (χ2n) is 6.61. The topological polar surface area (TPSA) is 25.4 Å². The molecule has 3 rings (SSSR count). The number of hydrogen-bond acceptors (Lipinski definition) is 3. The van der Waals surface area contributed by atoms with Crippen LogP contribution in [0.3, 0.4) is 0 Å². The molecular weight excluding hydrogens is 267 g/mol. The molecule has 3 heterocycles. The van der Waals surface area contributed by atoms with Gasteiger partial charge in [-0.15, -0.1) is 0 Å². The lowest BCUT2D eigenvalue weighted by atomic mass is 9.95. The number of ether oxygens (including phenoxy) is 1. The first-order valence-electron chi connectivity index (χ1n) is 8.07. The maximum atomic E-state index is 13.4. The molecule has 0 bridgehead atoms. The normalized spacial score (nSPS) is 26.9. The van der Waals surface area contributed by atoms with Crippen LogP contribution >= 0.6 is 0 Å². The Hall–Kier alpha value is -1.00. The predicted molar refractivity (Wildman–Crippen MR) is 81.3 cm³/mol. The van der Waals surface area contributed by atoms with E-state index in [4.69, 9.17) is 9.72 Å². The molecule has 0 amide bonds. The van der Waals surface area contributed by atoms with Crippen molar-refractivity contribution < 1.29 is 9.13 Å². The Morgan fingerprint density at radius 1 is 1.38 bits per heavy atom. The van der Waals surface area contributed by atoms with Crippen molar-refractivity contribution in [1.29, 1.82) is 0 Å². The molecule has 2 aliphatic rings. The number of rotatable bonds is 4. The van der Waals surface area contributed by atoms with Crippen molar-refractivity contribution >= 4 is 0 Å². The highest BCUT2D eigenvalue weighted by atomic mass is 19.1. The van der Waals surface area contributed by atoms with Gasteiger partial charge in [0, 0.05) is 37.9 Å². The lowest BCUT2D eigenvalue weighted by Crippen LogP contribution is -2.23. The summed E-state index contributed by atoms with van der Waals surface area (Å²) in [7, 11) is 0. The minimum Gasteiger partial charge on any atom is -0.381 e. The molecule has 1 aromatic rings. The van der Waals surface area contributed by atoms with E-state index in [9.17, 15) is 4.39 Å². The Morgan fingerprint density at radius 2 is 2.24 bits per heavy atom. The summed E-state index contributed by atoms with van der Waals surface area (Å²) in [5.74, 6) is 0.877. The molecule has 0 aromatic carbocycles. The minimum atomic E-state index is -0.670. The van der Waals surface area contributed by atoms with E-state index >= 15 is 0 Å². The van der Waals surface area contributed by atoms with Gasteiger partial charge in [-0.05, 0) is 30.4 Å². The van der Waals surface area contributed by atoms with Gasteiger partial charge < -0.3 is 4.74 Å². The van der Waals surface area contributed by atoms with Crippen LogP contribution in [0.15, 0.2) is 12.1 Å². The maximum absolute atomic E-state index is 13.4. The van der Waals surface area contributed by atoms with Crippen molar-refractivity contribution in [3.05, 3.63) is 29.1 Å². The molecule has 4 heteroatoms. The Labute approximate surface area is 126 Å². The molecule has 3 nitrogen and oxygen atoms in total. The molecule has 116 valence electrons. The summed E-state index contributed by atoms with van der Waals surface area (Å²) >= 11 is 0. The fraction of sp³-hybridized carbons (Fsp3) is 0.706. The minimum absolute atomic E-state index is 0.421. The highest BCUT2D eigenvalue weighted by Gasteiger charge is 2.26. The molecule has 0 N–H and O–H groups in total. The largest absolute Gasteiger partial charge is 0.381 e. The van der Waals surface area contributed by atoms with Crippen molar-refractivity contribution in [3.63, 3.8) is 0 Å². The molecular formula is C17H25FN2O. The van der Waals surface area contributed by atoms with Gasteiger partial charge in [0.15, 0.2) is 0 Å². The molecule has 2 aliphatic heterocycles. The summed E-state index contributed by atoms with van der Waals surface area (Å²) in [6.45, 7) is 8.12. The number of halogens is 1. The van der Waals surface area contributed by atoms with Crippen LogP contribution in [0.5, 0.6) is 0 Å². The summed E-state index contributed by atoms with van der Waals surface area (Å²) in [5, 5.41) is 0. The van der Waals surface area contributed by atoms with Crippen LogP contribution in [0.25, 0.3) is 0 Å². The van der Waals surface area contributed by atoms with Gasteiger partial charge in [0.25, 0.3) is 0 Å². The number of hydrogen-bond donors (Lipinski definition) is 0. The highest BCUT2D eigenvalue weighted by Crippen LogP contribution is 2.30. The van der Waals surface area contributed by atoms with E-state index in [1.54, 1.807) is 0 Å². The molecule has 0 saturated carbocycles. The van der Waals surface area contributed by atoms with Crippen LogP contribution < -0.4 is 0 Å². The number of alkyl halides is 1. The number of aromatic nitrogens is 1. The van der Waals surface area contributed by atoms with Gasteiger partial charge in [0.1, 0.15) is 6.17 Å². The van der Waals surface area contributed by atoms with E-state index in [2.05, 4.69) is 30.9 Å². The van der Waals surface area contributed by atoms with E-state index in [1.807, 2.05) is 0 Å². The SMILES string of the molecule is CC(C)c1ccc([C@H]2CCOC2)c(CN2CC[C@H](F)C2)n1. The first-order chi connectivity index (χ1) is 10.1. The van der Waals surface area contributed by atoms with E-state index in [1.165, 1.54) is 5.56 Å². The van der Waals surface area contributed by atoms with Crippen molar-refractivity contribution in [2.75, 3.05) is 26.3 Å². The van der Waals surface area contributed by atoms with Crippen molar-refractivity contribution in [2.24, 2.45) is 0 Å². The van der Waals surface area contributed by atoms with Crippen molar-refractivity contribution in [2.45, 2.75) is 51.2 Å². The molecule has 0 aliphatic carbocycles. The predicted octanol–water partition coefficient (Wildman–Crippen LogP) is 3.25. The van der Waals surface area contributed by atoms with Crippen molar-refractivity contribution in [3.8, 4) is 0 Å². The van der Waals surface area contributed by atoms with Crippen molar-refractivity contribution in [1.82, 2.24) is 9.88 Å². The fourth-order valence-corrected chi connectivity index (χ4v) is 3.27. The summed E-state index contributed by atoms with van der Waals surface area (Å²) in [6, 6.07) is 4.36. The van der Waals surface area contributed by atoms with Gasteiger partial charge in [-0.2, -0.15) is 0 Å². The number of pyridine rings is 1. The van der Waals surface area contributed by atoms with E-state index in [-0.39, 0.29) is 0 Å². The second kappa shape index (κ2) is 6.41. The lowest BCUT2D eigenvalue weighted by Gasteiger charge is -2.20. The average molecular weight is 292 g/mol. The molecule has 0 spiro atoms. The smallest absolute Gasteiger partial charge is 0.114 e. The summed E-state index contributed by atoms with van der Waals surface area (Å²) < 4.78 is 18.9. The third-order valence-electron chi connectivity index (χ3n) is 4.58. The molecule has 1 aromatic heterocycles. The Bertz CT molecular complexity index is 486. The summed E-state index contributed by atoms with van der Waals surface area (Å²) in [5.41, 5.74) is 3.56. The van der Waals surface area contributed by atoms with E-state index in [0.717, 1.165) is 44.1 Å². The van der Waals surface area contributed by atoms with Crippen LogP contribution in [-0.4, -0.2) is 42.4 Å². The van der Waals surface area contributed by atoms with E-state index < -0.39 is 6.17 Å². The zero-order chi connectivity index (χ0) is 14.8. The van der Waals surface area contributed by atoms with Gasteiger partial charge in [0.2, 0.25) is 0 Å².